The normalized spacial score (nSPS) is 9.43. The molecule has 0 unspecified atom stereocenters. The monoisotopic (exact) mass is 373 g/mol. The fourth-order valence-electron chi connectivity index (χ4n) is 1.32. The number of rotatable bonds is 1. The predicted molar refractivity (Wildman–Crippen MR) is 48.3 cm³/mol. The second-order valence-electron chi connectivity index (χ2n) is 2.85. The third kappa shape index (κ3) is 2.12. The van der Waals surface area contributed by atoms with E-state index in [1.807, 2.05) is 24.3 Å². The van der Waals surface area contributed by atoms with Gasteiger partial charge in [0.05, 0.1) is 5.97 Å². The van der Waals surface area contributed by atoms with Crippen molar-refractivity contribution in [3.63, 3.8) is 0 Å². The molecule has 0 fully saturated rings. The quantitative estimate of drug-likeness (QED) is 0.707. The van der Waals surface area contributed by atoms with Crippen LogP contribution in [0.2, 0.25) is 0 Å². The number of carbonyl (C=O) groups excluding carboxylic acids is 1. The van der Waals surface area contributed by atoms with Gasteiger partial charge in [-0.2, -0.15) is 0 Å². The van der Waals surface area contributed by atoms with E-state index in [0.717, 1.165) is 10.8 Å². The maximum Gasteiger partial charge on any atom is 1.00 e. The number of hydrogen-bond acceptors (Lipinski definition) is 2. The number of aromatic carboxylic acids is 1. The van der Waals surface area contributed by atoms with E-state index in [2.05, 4.69) is 0 Å². The van der Waals surface area contributed by atoms with Crippen molar-refractivity contribution in [3.8, 4) is 0 Å². The molecule has 3 heteroatoms. The van der Waals surface area contributed by atoms with E-state index in [1.165, 1.54) is 0 Å². The fraction of sp³-hybridized carbons (Fsp3) is 0. The minimum atomic E-state index is -1.13. The Morgan fingerprint density at radius 3 is 2.29 bits per heavy atom. The standard InChI is InChI=1S/C11H8O2.Hg/c12-11(13)10-6-5-8-3-1-2-4-9(8)7-10;/h1-7H,(H,12,13);/q;+1/p-1. The van der Waals surface area contributed by atoms with Crippen molar-refractivity contribution in [2.45, 2.75) is 0 Å². The van der Waals surface area contributed by atoms with Crippen LogP contribution in [0.3, 0.4) is 0 Å². The Balaban J connectivity index is 0.000000980. The molecule has 0 saturated carbocycles. The molecular weight excluding hydrogens is 365 g/mol. The number of hydrogen-bond donors (Lipinski definition) is 0. The fourth-order valence-corrected chi connectivity index (χ4v) is 1.32. The second kappa shape index (κ2) is 4.55. The number of benzene rings is 2. The average Bonchev–Trinajstić information content (AvgIpc) is 2.17. The van der Waals surface area contributed by atoms with E-state index in [-0.39, 0.29) is 33.2 Å². The molecule has 2 aromatic rings. The summed E-state index contributed by atoms with van der Waals surface area (Å²) in [5, 5.41) is 12.5. The molecule has 0 aliphatic carbocycles. The summed E-state index contributed by atoms with van der Waals surface area (Å²) < 4.78 is 0. The van der Waals surface area contributed by atoms with Gasteiger partial charge in [-0.3, -0.25) is 0 Å². The molecule has 0 saturated heterocycles. The number of carboxylic acids is 1. The minimum Gasteiger partial charge on any atom is -0.545 e. The van der Waals surface area contributed by atoms with E-state index >= 15 is 0 Å². The number of carbonyl (C=O) groups is 1. The first-order valence-electron chi connectivity index (χ1n) is 3.97. The molecule has 0 heterocycles. The molecule has 0 N–H and O–H groups in total. The van der Waals surface area contributed by atoms with Crippen molar-refractivity contribution in [2.75, 3.05) is 0 Å². The maximum atomic E-state index is 10.5. The Hall–Kier alpha value is -0.895. The van der Waals surface area contributed by atoms with E-state index in [4.69, 9.17) is 0 Å². The van der Waals surface area contributed by atoms with Gasteiger partial charge in [-0.05, 0) is 22.4 Å². The zero-order valence-electron chi connectivity index (χ0n) is 7.57. The summed E-state index contributed by atoms with van der Waals surface area (Å²) in [7, 11) is 0. The van der Waals surface area contributed by atoms with E-state index in [1.54, 1.807) is 18.2 Å². The van der Waals surface area contributed by atoms with Gasteiger partial charge >= 0.3 is 27.7 Å². The molecule has 0 bridgehead atoms. The van der Waals surface area contributed by atoms with Crippen molar-refractivity contribution in [3.05, 3.63) is 48.0 Å². The van der Waals surface area contributed by atoms with Crippen LogP contribution < -0.4 is 5.11 Å². The van der Waals surface area contributed by atoms with Gasteiger partial charge < -0.3 is 9.90 Å². The first kappa shape index (κ1) is 11.2. The molecule has 0 aliphatic rings. The SMILES string of the molecule is O=C([O-])c1ccc2ccccc2c1.[Hg+]. The molecule has 2 rings (SSSR count). The zero-order chi connectivity index (χ0) is 9.26. The zero-order valence-corrected chi connectivity index (χ0v) is 13.1. The van der Waals surface area contributed by atoms with Crippen LogP contribution in [-0.4, -0.2) is 5.97 Å². The first-order chi connectivity index (χ1) is 6.27. The van der Waals surface area contributed by atoms with Gasteiger partial charge in [0.25, 0.3) is 0 Å². The first-order valence-corrected chi connectivity index (χ1v) is 3.97. The topological polar surface area (TPSA) is 40.1 Å². The molecule has 0 amide bonds. The van der Waals surface area contributed by atoms with Crippen molar-refractivity contribution >= 4 is 16.7 Å². The molecule has 0 aliphatic heterocycles. The summed E-state index contributed by atoms with van der Waals surface area (Å²) in [6.45, 7) is 0. The van der Waals surface area contributed by atoms with Gasteiger partial charge in [0.2, 0.25) is 0 Å². The number of carboxylic acid groups (broad SMARTS) is 1. The van der Waals surface area contributed by atoms with Crippen molar-refractivity contribution < 1.29 is 37.6 Å². The molecule has 14 heavy (non-hydrogen) atoms. The van der Waals surface area contributed by atoms with Crippen LogP contribution in [0.4, 0.5) is 0 Å². The van der Waals surface area contributed by atoms with Crippen molar-refractivity contribution in [1.82, 2.24) is 0 Å². The van der Waals surface area contributed by atoms with Crippen LogP contribution in [0.5, 0.6) is 0 Å². The maximum absolute atomic E-state index is 10.5. The Labute approximate surface area is 102 Å². The minimum absolute atomic E-state index is 0. The third-order valence-electron chi connectivity index (χ3n) is 1.99. The Morgan fingerprint density at radius 1 is 1.00 bits per heavy atom. The Kier molecular flexibility index (Phi) is 3.64. The smallest absolute Gasteiger partial charge is 0.545 e. The van der Waals surface area contributed by atoms with Crippen LogP contribution in [0.15, 0.2) is 42.5 Å². The molecule has 2 aromatic carbocycles. The summed E-state index contributed by atoms with van der Waals surface area (Å²) in [5.41, 5.74) is 0.221. The molecule has 0 aromatic heterocycles. The average molecular weight is 372 g/mol. The van der Waals surface area contributed by atoms with Gasteiger partial charge in [0, 0.05) is 0 Å². The Morgan fingerprint density at radius 2 is 1.64 bits per heavy atom. The molecule has 1 radical (unpaired) electrons. The largest absolute Gasteiger partial charge is 1.00 e. The van der Waals surface area contributed by atoms with E-state index in [0.29, 0.717) is 0 Å². The molecular formula is C11H7HgO2. The number of fused-ring (bicyclic) bond motifs is 1. The summed E-state index contributed by atoms with van der Waals surface area (Å²) in [6, 6.07) is 12.6. The van der Waals surface area contributed by atoms with Gasteiger partial charge in [0.15, 0.2) is 0 Å². The van der Waals surface area contributed by atoms with Gasteiger partial charge in [-0.15, -0.1) is 0 Å². The Bertz CT molecular complexity index is 466. The van der Waals surface area contributed by atoms with Crippen LogP contribution in [-0.2, 0) is 27.7 Å². The summed E-state index contributed by atoms with van der Waals surface area (Å²) >= 11 is 0. The van der Waals surface area contributed by atoms with Gasteiger partial charge in [0.1, 0.15) is 0 Å². The predicted octanol–water partition coefficient (Wildman–Crippen LogP) is 1.20. The van der Waals surface area contributed by atoms with Gasteiger partial charge in [-0.25, -0.2) is 0 Å². The molecule has 0 spiro atoms. The van der Waals surface area contributed by atoms with Crippen molar-refractivity contribution in [2.24, 2.45) is 0 Å². The van der Waals surface area contributed by atoms with Crippen LogP contribution in [0.1, 0.15) is 10.4 Å². The summed E-state index contributed by atoms with van der Waals surface area (Å²) in [5.74, 6) is -1.13. The summed E-state index contributed by atoms with van der Waals surface area (Å²) in [6.07, 6.45) is 0. The molecule has 65 valence electrons. The summed E-state index contributed by atoms with van der Waals surface area (Å²) in [4.78, 5) is 10.5. The second-order valence-corrected chi connectivity index (χ2v) is 2.85. The van der Waals surface area contributed by atoms with E-state index in [9.17, 15) is 9.90 Å². The van der Waals surface area contributed by atoms with E-state index < -0.39 is 5.97 Å². The van der Waals surface area contributed by atoms with Crippen LogP contribution in [0.25, 0.3) is 10.8 Å². The van der Waals surface area contributed by atoms with Crippen LogP contribution in [0, 0.1) is 0 Å². The molecule has 2 nitrogen and oxygen atoms in total. The van der Waals surface area contributed by atoms with Crippen LogP contribution >= 0.6 is 0 Å². The van der Waals surface area contributed by atoms with Crippen molar-refractivity contribution in [1.29, 1.82) is 0 Å². The third-order valence-corrected chi connectivity index (χ3v) is 1.99. The molecule has 0 atom stereocenters. The van der Waals surface area contributed by atoms with Gasteiger partial charge in [-0.1, -0.05) is 36.4 Å².